The van der Waals surface area contributed by atoms with E-state index in [1.165, 1.54) is 0 Å². The summed E-state index contributed by atoms with van der Waals surface area (Å²) in [5.41, 5.74) is 0.607. The fourth-order valence-corrected chi connectivity index (χ4v) is 5.13. The van der Waals surface area contributed by atoms with Gasteiger partial charge in [-0.25, -0.2) is 9.59 Å². The molecule has 1 atom stereocenters. The standard InChI is InChI=1S/C41H46O8/c1-5-29(4)11-7-9-13-39(43)47-35-22-18-32(19-23-35)41(45)49-37-25-15-30-14-24-36(26-33(30)27-37)48-40(44)31-16-20-34(21-17-31)46-38(42)12-8-6-10-28(2)3/h14-29H,5-13H2,1-4H3. The van der Waals surface area contributed by atoms with Crippen LogP contribution in [0, 0.1) is 11.8 Å². The number of esters is 4. The Labute approximate surface area is 288 Å². The number of unbranched alkanes of at least 4 members (excludes halogenated alkanes) is 2. The molecule has 0 saturated heterocycles. The third-order valence-electron chi connectivity index (χ3n) is 8.28. The van der Waals surface area contributed by atoms with Crippen molar-refractivity contribution in [3.05, 3.63) is 96.1 Å². The molecule has 4 aromatic rings. The number of carbonyl (C=O) groups excluding carboxylic acids is 4. The van der Waals surface area contributed by atoms with Crippen LogP contribution in [0.5, 0.6) is 23.0 Å². The van der Waals surface area contributed by atoms with Gasteiger partial charge in [0.2, 0.25) is 0 Å². The van der Waals surface area contributed by atoms with Gasteiger partial charge in [0, 0.05) is 12.8 Å². The van der Waals surface area contributed by atoms with Crippen molar-refractivity contribution in [2.45, 2.75) is 85.5 Å². The van der Waals surface area contributed by atoms with Crippen LogP contribution in [0.2, 0.25) is 0 Å². The Morgan fingerprint density at radius 2 is 0.939 bits per heavy atom. The fraction of sp³-hybridized carbons (Fsp3) is 0.366. The zero-order chi connectivity index (χ0) is 35.2. The summed E-state index contributed by atoms with van der Waals surface area (Å²) in [4.78, 5) is 50.0. The van der Waals surface area contributed by atoms with E-state index in [-0.39, 0.29) is 11.9 Å². The molecule has 4 rings (SSSR count). The van der Waals surface area contributed by atoms with Gasteiger partial charge in [-0.1, -0.05) is 71.9 Å². The van der Waals surface area contributed by atoms with Gasteiger partial charge in [-0.15, -0.1) is 0 Å². The van der Waals surface area contributed by atoms with Gasteiger partial charge in [0.05, 0.1) is 11.1 Å². The Balaban J connectivity index is 1.28. The minimum absolute atomic E-state index is 0.292. The Hall–Kier alpha value is -4.98. The van der Waals surface area contributed by atoms with Gasteiger partial charge < -0.3 is 18.9 Å². The Morgan fingerprint density at radius 3 is 1.37 bits per heavy atom. The molecule has 1 unspecified atom stereocenters. The van der Waals surface area contributed by atoms with Crippen molar-refractivity contribution in [3.8, 4) is 23.0 Å². The smallest absolute Gasteiger partial charge is 0.343 e. The zero-order valence-electron chi connectivity index (χ0n) is 28.9. The molecular weight excluding hydrogens is 620 g/mol. The molecule has 0 aliphatic carbocycles. The number of hydrogen-bond acceptors (Lipinski definition) is 8. The monoisotopic (exact) mass is 666 g/mol. The predicted molar refractivity (Wildman–Crippen MR) is 189 cm³/mol. The summed E-state index contributed by atoms with van der Waals surface area (Å²) in [7, 11) is 0. The van der Waals surface area contributed by atoms with Crippen LogP contribution in [0.1, 0.15) is 106 Å². The van der Waals surface area contributed by atoms with E-state index in [2.05, 4.69) is 27.7 Å². The highest BCUT2D eigenvalue weighted by Gasteiger charge is 2.14. The van der Waals surface area contributed by atoms with Crippen LogP contribution in [0.3, 0.4) is 0 Å². The first-order valence-corrected chi connectivity index (χ1v) is 17.2. The molecule has 4 aromatic carbocycles. The Kier molecular flexibility index (Phi) is 13.9. The second-order valence-electron chi connectivity index (χ2n) is 12.8. The normalized spacial score (nSPS) is 11.6. The summed E-state index contributed by atoms with van der Waals surface area (Å²) >= 11 is 0. The van der Waals surface area contributed by atoms with E-state index < -0.39 is 11.9 Å². The lowest BCUT2D eigenvalue weighted by Gasteiger charge is -2.09. The van der Waals surface area contributed by atoms with Gasteiger partial charge in [-0.2, -0.15) is 0 Å². The molecule has 0 spiro atoms. The average Bonchev–Trinajstić information content (AvgIpc) is 3.08. The molecule has 8 nitrogen and oxygen atoms in total. The molecule has 8 heteroatoms. The van der Waals surface area contributed by atoms with Crippen LogP contribution >= 0.6 is 0 Å². The van der Waals surface area contributed by atoms with Crippen LogP contribution in [-0.2, 0) is 9.59 Å². The minimum atomic E-state index is -0.566. The summed E-state index contributed by atoms with van der Waals surface area (Å²) in [5, 5.41) is 1.57. The van der Waals surface area contributed by atoms with E-state index in [4.69, 9.17) is 18.9 Å². The van der Waals surface area contributed by atoms with E-state index in [9.17, 15) is 19.2 Å². The fourth-order valence-electron chi connectivity index (χ4n) is 5.13. The highest BCUT2D eigenvalue weighted by Crippen LogP contribution is 2.27. The quantitative estimate of drug-likeness (QED) is 0.0623. The topological polar surface area (TPSA) is 105 Å². The summed E-state index contributed by atoms with van der Waals surface area (Å²) < 4.78 is 22.0. The van der Waals surface area contributed by atoms with Gasteiger partial charge in [0.1, 0.15) is 23.0 Å². The van der Waals surface area contributed by atoms with Crippen molar-refractivity contribution in [2.24, 2.45) is 11.8 Å². The molecule has 0 aromatic heterocycles. The van der Waals surface area contributed by atoms with Gasteiger partial charge in [0.15, 0.2) is 0 Å². The minimum Gasteiger partial charge on any atom is -0.427 e. The van der Waals surface area contributed by atoms with E-state index in [1.807, 2.05) is 0 Å². The third kappa shape index (κ3) is 12.2. The first-order valence-electron chi connectivity index (χ1n) is 17.2. The molecule has 0 saturated carbocycles. The molecule has 0 N–H and O–H groups in total. The molecular formula is C41H46O8. The number of benzene rings is 4. The second-order valence-corrected chi connectivity index (χ2v) is 12.8. The van der Waals surface area contributed by atoms with Crippen LogP contribution in [0.25, 0.3) is 10.8 Å². The van der Waals surface area contributed by atoms with Crippen molar-refractivity contribution in [1.82, 2.24) is 0 Å². The molecule has 49 heavy (non-hydrogen) atoms. The second kappa shape index (κ2) is 18.5. The summed E-state index contributed by atoms with van der Waals surface area (Å²) in [6, 6.07) is 22.8. The van der Waals surface area contributed by atoms with Gasteiger partial charge >= 0.3 is 23.9 Å². The molecule has 0 aliphatic rings. The largest absolute Gasteiger partial charge is 0.427 e. The lowest BCUT2D eigenvalue weighted by atomic mass is 10.0. The SMILES string of the molecule is CCC(C)CCCCC(=O)Oc1ccc(C(=O)Oc2ccc3ccc(OC(=O)c4ccc(OC(=O)CCCCC(C)C)cc4)cc3c2)cc1. The molecule has 0 radical (unpaired) electrons. The predicted octanol–water partition coefficient (Wildman–Crippen LogP) is 9.91. The number of hydrogen-bond donors (Lipinski definition) is 0. The molecule has 0 bridgehead atoms. The summed E-state index contributed by atoms with van der Waals surface area (Å²) in [5.74, 6) is 0.927. The molecule has 258 valence electrons. The average molecular weight is 667 g/mol. The number of rotatable bonds is 17. The van der Waals surface area contributed by atoms with Crippen LogP contribution in [-0.4, -0.2) is 23.9 Å². The first-order chi connectivity index (χ1) is 23.6. The van der Waals surface area contributed by atoms with E-state index in [0.29, 0.717) is 64.2 Å². The third-order valence-corrected chi connectivity index (χ3v) is 8.28. The summed E-state index contributed by atoms with van der Waals surface area (Å²) in [6.45, 7) is 8.69. The summed E-state index contributed by atoms with van der Waals surface area (Å²) in [6.07, 6.45) is 7.56. The van der Waals surface area contributed by atoms with E-state index >= 15 is 0 Å². The zero-order valence-corrected chi connectivity index (χ0v) is 28.9. The van der Waals surface area contributed by atoms with E-state index in [1.54, 1.807) is 84.9 Å². The molecule has 0 fully saturated rings. The van der Waals surface area contributed by atoms with Crippen LogP contribution < -0.4 is 18.9 Å². The van der Waals surface area contributed by atoms with Crippen molar-refractivity contribution in [3.63, 3.8) is 0 Å². The van der Waals surface area contributed by atoms with Crippen LogP contribution in [0.4, 0.5) is 0 Å². The van der Waals surface area contributed by atoms with Crippen LogP contribution in [0.15, 0.2) is 84.9 Å². The lowest BCUT2D eigenvalue weighted by Crippen LogP contribution is -2.10. The Morgan fingerprint density at radius 1 is 0.510 bits per heavy atom. The Bertz CT molecular complexity index is 1710. The lowest BCUT2D eigenvalue weighted by molar-refractivity contribution is -0.135. The van der Waals surface area contributed by atoms with Gasteiger partial charge in [0.25, 0.3) is 0 Å². The van der Waals surface area contributed by atoms with Crippen molar-refractivity contribution < 1.29 is 38.1 Å². The maximum atomic E-state index is 12.8. The first kappa shape index (κ1) is 36.8. The van der Waals surface area contributed by atoms with Gasteiger partial charge in [-0.05, 0) is 108 Å². The van der Waals surface area contributed by atoms with E-state index in [0.717, 1.165) is 50.3 Å². The maximum Gasteiger partial charge on any atom is 0.343 e. The number of fused-ring (bicyclic) bond motifs is 1. The van der Waals surface area contributed by atoms with Crippen molar-refractivity contribution >= 4 is 34.6 Å². The highest BCUT2D eigenvalue weighted by molar-refractivity contribution is 5.94. The molecule has 0 amide bonds. The molecule has 0 heterocycles. The van der Waals surface area contributed by atoms with Crippen molar-refractivity contribution in [2.75, 3.05) is 0 Å². The van der Waals surface area contributed by atoms with Gasteiger partial charge in [-0.3, -0.25) is 9.59 Å². The highest BCUT2D eigenvalue weighted by atomic mass is 16.5. The number of carbonyl (C=O) groups is 4. The molecule has 0 aliphatic heterocycles. The number of ether oxygens (including phenoxy) is 4. The van der Waals surface area contributed by atoms with Crippen molar-refractivity contribution in [1.29, 1.82) is 0 Å². The maximum absolute atomic E-state index is 12.8.